The fourth-order valence-electron chi connectivity index (χ4n) is 1.58. The molecular weight excluding hydrogens is 253 g/mol. The first-order valence-corrected chi connectivity index (χ1v) is 5.76. The van der Waals surface area contributed by atoms with Crippen LogP contribution < -0.4 is 10.9 Å². The summed E-state index contributed by atoms with van der Waals surface area (Å²) in [6, 6.07) is 14.6. The summed E-state index contributed by atoms with van der Waals surface area (Å²) in [4.78, 5) is 0. The number of anilines is 1. The van der Waals surface area contributed by atoms with Crippen molar-refractivity contribution >= 4 is 5.69 Å². The molecule has 0 aromatic heterocycles. The van der Waals surface area contributed by atoms with Gasteiger partial charge in [-0.05, 0) is 29.8 Å². The van der Waals surface area contributed by atoms with Crippen LogP contribution in [0.5, 0.6) is 0 Å². The van der Waals surface area contributed by atoms with Crippen LogP contribution in [0.3, 0.4) is 0 Å². The minimum Gasteiger partial charge on any atom is -0.321 e. The lowest BCUT2D eigenvalue weighted by atomic mass is 10.1. The Labute approximate surface area is 109 Å². The molecule has 0 fully saturated rings. The normalized spacial score (nSPS) is 11.3. The zero-order valence-electron chi connectivity index (χ0n) is 10.0. The van der Waals surface area contributed by atoms with E-state index in [4.69, 9.17) is 0 Å². The molecule has 0 amide bonds. The van der Waals surface area contributed by atoms with Gasteiger partial charge in [-0.2, -0.15) is 13.2 Å². The maximum atomic E-state index is 12.4. The van der Waals surface area contributed by atoms with Gasteiger partial charge in [0.25, 0.3) is 0 Å². The molecule has 0 aliphatic carbocycles. The highest BCUT2D eigenvalue weighted by Crippen LogP contribution is 2.28. The van der Waals surface area contributed by atoms with Gasteiger partial charge in [0, 0.05) is 12.2 Å². The Morgan fingerprint density at radius 3 is 2.05 bits per heavy atom. The molecule has 2 N–H and O–H groups in total. The number of benzene rings is 2. The molecule has 0 atom stereocenters. The largest absolute Gasteiger partial charge is 0.416 e. The summed E-state index contributed by atoms with van der Waals surface area (Å²) in [7, 11) is 0. The van der Waals surface area contributed by atoms with Crippen LogP contribution in [0.25, 0.3) is 0 Å². The van der Waals surface area contributed by atoms with Crippen molar-refractivity contribution < 1.29 is 13.2 Å². The van der Waals surface area contributed by atoms with Crippen molar-refractivity contribution in [2.45, 2.75) is 12.7 Å². The smallest absolute Gasteiger partial charge is 0.321 e. The highest BCUT2D eigenvalue weighted by Gasteiger charge is 2.29. The van der Waals surface area contributed by atoms with Crippen LogP contribution in [0.2, 0.25) is 0 Å². The molecule has 0 spiro atoms. The average molecular weight is 266 g/mol. The van der Waals surface area contributed by atoms with Gasteiger partial charge in [-0.1, -0.05) is 30.3 Å². The summed E-state index contributed by atoms with van der Waals surface area (Å²) in [5.41, 5.74) is 6.95. The van der Waals surface area contributed by atoms with Crippen molar-refractivity contribution in [3.8, 4) is 0 Å². The van der Waals surface area contributed by atoms with E-state index in [-0.39, 0.29) is 0 Å². The summed E-state index contributed by atoms with van der Waals surface area (Å²) in [6.07, 6.45) is -4.28. The number of para-hydroxylation sites is 1. The molecule has 100 valence electrons. The first kappa shape index (κ1) is 13.4. The van der Waals surface area contributed by atoms with Crippen LogP contribution in [-0.2, 0) is 12.7 Å². The molecular formula is C14H13F3N2. The SMILES string of the molecule is FC(F)(F)c1ccc(CNNc2ccccc2)cc1. The maximum Gasteiger partial charge on any atom is 0.416 e. The van der Waals surface area contributed by atoms with Gasteiger partial charge in [0.2, 0.25) is 0 Å². The molecule has 0 heterocycles. The molecule has 0 bridgehead atoms. The predicted octanol–water partition coefficient (Wildman–Crippen LogP) is 3.82. The van der Waals surface area contributed by atoms with Crippen molar-refractivity contribution in [3.63, 3.8) is 0 Å². The Bertz CT molecular complexity index is 506. The van der Waals surface area contributed by atoms with Crippen molar-refractivity contribution in [1.82, 2.24) is 5.43 Å². The van der Waals surface area contributed by atoms with E-state index in [1.807, 2.05) is 30.3 Å². The lowest BCUT2D eigenvalue weighted by Gasteiger charge is -2.10. The molecule has 2 aromatic carbocycles. The molecule has 19 heavy (non-hydrogen) atoms. The Morgan fingerprint density at radius 2 is 1.47 bits per heavy atom. The Kier molecular flexibility index (Phi) is 4.06. The summed E-state index contributed by atoms with van der Waals surface area (Å²) >= 11 is 0. The second kappa shape index (κ2) is 5.75. The second-order valence-electron chi connectivity index (χ2n) is 4.04. The van der Waals surface area contributed by atoms with E-state index in [0.717, 1.165) is 23.4 Å². The van der Waals surface area contributed by atoms with Crippen molar-refractivity contribution in [2.75, 3.05) is 5.43 Å². The minimum atomic E-state index is -4.28. The third kappa shape index (κ3) is 3.99. The van der Waals surface area contributed by atoms with Gasteiger partial charge in [0.15, 0.2) is 0 Å². The van der Waals surface area contributed by atoms with Gasteiger partial charge in [0.1, 0.15) is 0 Å². The first-order chi connectivity index (χ1) is 9.05. The Balaban J connectivity index is 1.87. The first-order valence-electron chi connectivity index (χ1n) is 5.76. The summed E-state index contributed by atoms with van der Waals surface area (Å²) in [5.74, 6) is 0. The molecule has 2 rings (SSSR count). The van der Waals surface area contributed by atoms with Crippen molar-refractivity contribution in [2.24, 2.45) is 0 Å². The third-order valence-electron chi connectivity index (χ3n) is 2.58. The molecule has 2 nitrogen and oxygen atoms in total. The summed E-state index contributed by atoms with van der Waals surface area (Å²) in [6.45, 7) is 0.438. The molecule has 0 aliphatic rings. The van der Waals surface area contributed by atoms with E-state index < -0.39 is 11.7 Å². The number of hydrazine groups is 1. The number of rotatable bonds is 4. The van der Waals surface area contributed by atoms with E-state index in [9.17, 15) is 13.2 Å². The van der Waals surface area contributed by atoms with Crippen LogP contribution in [0.4, 0.5) is 18.9 Å². The number of hydrogen-bond acceptors (Lipinski definition) is 2. The lowest BCUT2D eigenvalue weighted by molar-refractivity contribution is -0.137. The zero-order chi connectivity index (χ0) is 13.7. The number of halogens is 3. The van der Waals surface area contributed by atoms with Crippen LogP contribution in [-0.4, -0.2) is 0 Å². The van der Waals surface area contributed by atoms with Gasteiger partial charge in [-0.3, -0.25) is 0 Å². The Hall–Kier alpha value is -2.01. The van der Waals surface area contributed by atoms with Gasteiger partial charge in [0.05, 0.1) is 5.56 Å². The standard InChI is InChI=1S/C14H13F3N2/c15-14(16,17)12-8-6-11(7-9-12)10-18-19-13-4-2-1-3-5-13/h1-9,18-19H,10H2. The van der Waals surface area contributed by atoms with Crippen LogP contribution >= 0.6 is 0 Å². The monoisotopic (exact) mass is 266 g/mol. The minimum absolute atomic E-state index is 0.438. The van der Waals surface area contributed by atoms with Crippen molar-refractivity contribution in [3.05, 3.63) is 65.7 Å². The second-order valence-corrected chi connectivity index (χ2v) is 4.04. The topological polar surface area (TPSA) is 24.1 Å². The molecule has 0 unspecified atom stereocenters. The molecule has 0 saturated heterocycles. The Morgan fingerprint density at radius 1 is 0.842 bits per heavy atom. The van der Waals surface area contributed by atoms with E-state index >= 15 is 0 Å². The fourth-order valence-corrected chi connectivity index (χ4v) is 1.58. The average Bonchev–Trinajstić information content (AvgIpc) is 2.39. The van der Waals surface area contributed by atoms with Gasteiger partial charge >= 0.3 is 6.18 Å². The number of alkyl halides is 3. The summed E-state index contributed by atoms with van der Waals surface area (Å²) in [5, 5.41) is 0. The van der Waals surface area contributed by atoms with Gasteiger partial charge in [-0.25, -0.2) is 5.43 Å². The van der Waals surface area contributed by atoms with Crippen molar-refractivity contribution in [1.29, 1.82) is 0 Å². The highest BCUT2D eigenvalue weighted by atomic mass is 19.4. The van der Waals surface area contributed by atoms with Crippen LogP contribution in [0.15, 0.2) is 54.6 Å². The third-order valence-corrected chi connectivity index (χ3v) is 2.58. The summed E-state index contributed by atoms with van der Waals surface area (Å²) < 4.78 is 37.1. The lowest BCUT2D eigenvalue weighted by Crippen LogP contribution is -2.20. The quantitative estimate of drug-likeness (QED) is 0.822. The van der Waals surface area contributed by atoms with E-state index in [1.54, 1.807) is 0 Å². The maximum absolute atomic E-state index is 12.4. The number of hydrogen-bond donors (Lipinski definition) is 2. The molecule has 0 aliphatic heterocycles. The highest BCUT2D eigenvalue weighted by molar-refractivity contribution is 5.41. The molecule has 5 heteroatoms. The molecule has 0 radical (unpaired) electrons. The van der Waals surface area contributed by atoms with Gasteiger partial charge in [-0.15, -0.1) is 0 Å². The molecule has 0 saturated carbocycles. The van der Waals surface area contributed by atoms with E-state index in [2.05, 4.69) is 10.9 Å². The predicted molar refractivity (Wildman–Crippen MR) is 68.3 cm³/mol. The van der Waals surface area contributed by atoms with E-state index in [1.165, 1.54) is 12.1 Å². The van der Waals surface area contributed by atoms with Gasteiger partial charge < -0.3 is 5.43 Å². The van der Waals surface area contributed by atoms with E-state index in [0.29, 0.717) is 6.54 Å². The van der Waals surface area contributed by atoms with Crippen LogP contribution in [0, 0.1) is 0 Å². The number of nitrogens with one attached hydrogen (secondary N) is 2. The zero-order valence-corrected chi connectivity index (χ0v) is 10.0. The fraction of sp³-hybridized carbons (Fsp3) is 0.143. The van der Waals surface area contributed by atoms with Crippen LogP contribution in [0.1, 0.15) is 11.1 Å². The molecule has 2 aromatic rings.